The Morgan fingerprint density at radius 2 is 1.62 bits per heavy atom. The van der Waals surface area contributed by atoms with Gasteiger partial charge in [-0.2, -0.15) is 0 Å². The van der Waals surface area contributed by atoms with Crippen LogP contribution in [0.4, 0.5) is 4.79 Å². The molecule has 13 heteroatoms. The zero-order chi connectivity index (χ0) is 38.1. The number of nitrogens with two attached hydrogens (primary N) is 1. The summed E-state index contributed by atoms with van der Waals surface area (Å²) in [6.07, 6.45) is -1.69. The van der Waals surface area contributed by atoms with Crippen LogP contribution in [0.15, 0.2) is 30.3 Å². The van der Waals surface area contributed by atoms with Crippen molar-refractivity contribution in [2.45, 2.75) is 124 Å². The van der Waals surface area contributed by atoms with E-state index in [1.165, 1.54) is 7.11 Å². The Labute approximate surface area is 298 Å². The predicted molar refractivity (Wildman–Crippen MR) is 190 cm³/mol. The van der Waals surface area contributed by atoms with E-state index >= 15 is 0 Å². The molecule has 1 fully saturated rings. The molecule has 0 aromatic heterocycles. The van der Waals surface area contributed by atoms with Gasteiger partial charge in [0.05, 0.1) is 19.4 Å². The number of carbonyl (C=O) groups is 5. The van der Waals surface area contributed by atoms with Crippen LogP contribution in [0.25, 0.3) is 0 Å². The molecule has 7 atom stereocenters. The van der Waals surface area contributed by atoms with Crippen LogP contribution in [0.2, 0.25) is 0 Å². The maximum Gasteiger partial charge on any atom is 0.408 e. The number of hydrogen-bond donors (Lipinski definition) is 4. The zero-order valence-electron chi connectivity index (χ0n) is 31.8. The number of aliphatic hydroxyl groups excluding tert-OH is 1. The molecule has 2 rings (SSSR count). The SMILES string of the molecule is CCC(=O)N(C(=O)[C@@](N)(C(C)C)C1CCN([C@H](C)NC(=O)[C@H](C)NC(=O)OC(C)(C)C)CC(Cc2ccccc2)C1O)C(C(=O)OC)C(C)C. The van der Waals surface area contributed by atoms with Gasteiger partial charge in [0, 0.05) is 31.3 Å². The normalized spacial score (nSPS) is 21.6. The van der Waals surface area contributed by atoms with Gasteiger partial charge in [-0.05, 0) is 64.9 Å². The Morgan fingerprint density at radius 3 is 2.12 bits per heavy atom. The third kappa shape index (κ3) is 10.7. The number of alkyl carbamates (subject to hydrolysis) is 1. The molecule has 5 N–H and O–H groups in total. The minimum absolute atomic E-state index is 0.0455. The molecule has 0 spiro atoms. The molecular weight excluding hydrogens is 642 g/mol. The maximum atomic E-state index is 14.8. The molecule has 4 amide bonds. The number of nitrogens with one attached hydrogen (secondary N) is 2. The van der Waals surface area contributed by atoms with Crippen molar-refractivity contribution in [3.05, 3.63) is 35.9 Å². The highest BCUT2D eigenvalue weighted by Gasteiger charge is 2.55. The summed E-state index contributed by atoms with van der Waals surface area (Å²) >= 11 is 0. The molecule has 4 unspecified atom stereocenters. The highest BCUT2D eigenvalue weighted by atomic mass is 16.6. The monoisotopic (exact) mass is 703 g/mol. The second kappa shape index (κ2) is 18.1. The van der Waals surface area contributed by atoms with E-state index in [4.69, 9.17) is 15.2 Å². The lowest BCUT2D eigenvalue weighted by molar-refractivity contribution is -0.167. The topological polar surface area (TPSA) is 181 Å². The number of ether oxygens (including phenoxy) is 2. The van der Waals surface area contributed by atoms with Crippen LogP contribution in [0.1, 0.15) is 87.6 Å². The van der Waals surface area contributed by atoms with E-state index in [9.17, 15) is 29.1 Å². The number of nitrogens with zero attached hydrogens (tertiary/aromatic N) is 2. The molecule has 0 aliphatic carbocycles. The van der Waals surface area contributed by atoms with Crippen LogP contribution in [-0.2, 0) is 35.1 Å². The van der Waals surface area contributed by atoms with Crippen molar-refractivity contribution in [1.29, 1.82) is 0 Å². The summed E-state index contributed by atoms with van der Waals surface area (Å²) in [5.74, 6) is -4.73. The van der Waals surface area contributed by atoms with E-state index in [2.05, 4.69) is 10.6 Å². The first-order chi connectivity index (χ1) is 23.2. The van der Waals surface area contributed by atoms with E-state index < -0.39 is 88.9 Å². The summed E-state index contributed by atoms with van der Waals surface area (Å²) in [4.78, 5) is 69.7. The number of aliphatic hydroxyl groups is 1. The first kappa shape index (κ1) is 42.6. The third-order valence-electron chi connectivity index (χ3n) is 9.54. The van der Waals surface area contributed by atoms with Crippen LogP contribution in [0.5, 0.6) is 0 Å². The van der Waals surface area contributed by atoms with Gasteiger partial charge in [-0.1, -0.05) is 65.0 Å². The average Bonchev–Trinajstić information content (AvgIpc) is 3.19. The molecule has 0 radical (unpaired) electrons. The number of esters is 1. The fourth-order valence-corrected chi connectivity index (χ4v) is 6.66. The number of methoxy groups -OCH3 is 1. The molecule has 1 heterocycles. The van der Waals surface area contributed by atoms with Crippen LogP contribution < -0.4 is 16.4 Å². The number of imide groups is 1. The van der Waals surface area contributed by atoms with Crippen molar-refractivity contribution in [3.63, 3.8) is 0 Å². The fraction of sp³-hybridized carbons (Fsp3) is 0.703. The Kier molecular flexibility index (Phi) is 15.4. The number of amides is 4. The Balaban J connectivity index is 2.53. The lowest BCUT2D eigenvalue weighted by Gasteiger charge is -2.46. The summed E-state index contributed by atoms with van der Waals surface area (Å²) < 4.78 is 10.3. The van der Waals surface area contributed by atoms with Gasteiger partial charge in [-0.15, -0.1) is 0 Å². The molecule has 1 aromatic rings. The van der Waals surface area contributed by atoms with E-state index in [0.717, 1.165) is 10.5 Å². The van der Waals surface area contributed by atoms with Gasteiger partial charge in [0.1, 0.15) is 23.2 Å². The molecule has 1 aliphatic rings. The fourth-order valence-electron chi connectivity index (χ4n) is 6.66. The van der Waals surface area contributed by atoms with Gasteiger partial charge in [0.15, 0.2) is 0 Å². The zero-order valence-corrected chi connectivity index (χ0v) is 31.8. The van der Waals surface area contributed by atoms with E-state index in [0.29, 0.717) is 19.5 Å². The number of hydrogen-bond acceptors (Lipinski definition) is 10. The molecular formula is C37H61N5O8. The van der Waals surface area contributed by atoms with Gasteiger partial charge in [-0.3, -0.25) is 24.2 Å². The van der Waals surface area contributed by atoms with Crippen LogP contribution in [0, 0.1) is 23.7 Å². The maximum absolute atomic E-state index is 14.8. The second-order valence-electron chi connectivity index (χ2n) is 15.1. The van der Waals surface area contributed by atoms with Gasteiger partial charge < -0.3 is 30.9 Å². The smallest absolute Gasteiger partial charge is 0.408 e. The number of rotatable bonds is 13. The summed E-state index contributed by atoms with van der Waals surface area (Å²) in [6.45, 7) is 17.9. The highest BCUT2D eigenvalue weighted by Crippen LogP contribution is 2.38. The molecule has 0 bridgehead atoms. The molecule has 1 aliphatic heterocycles. The third-order valence-corrected chi connectivity index (χ3v) is 9.54. The molecule has 282 valence electrons. The Bertz CT molecular complexity index is 1320. The molecule has 1 aromatic carbocycles. The van der Waals surface area contributed by atoms with Gasteiger partial charge in [-0.25, -0.2) is 9.59 Å². The minimum Gasteiger partial charge on any atom is -0.467 e. The molecule has 1 saturated heterocycles. The van der Waals surface area contributed by atoms with Crippen molar-refractivity contribution in [3.8, 4) is 0 Å². The van der Waals surface area contributed by atoms with Crippen molar-refractivity contribution in [2.24, 2.45) is 29.4 Å². The number of carbonyl (C=O) groups excluding carboxylic acids is 5. The molecule has 50 heavy (non-hydrogen) atoms. The summed E-state index contributed by atoms with van der Waals surface area (Å²) in [6, 6.07) is 7.55. The standard InChI is InChI=1S/C37H61N5O8/c1-12-29(43)42(30(22(2)3)33(46)49-11)34(47)37(38,23(4)5)28-18-19-41(21-27(31(28)44)20-26-16-14-13-15-17-26)25(7)40-32(45)24(6)39-35(48)50-36(8,9)10/h13-17,22-25,27-28,30-31,44H,12,18-21,38H2,1-11H3,(H,39,48)(H,40,45)/t24-,25+,27?,28?,30?,31?,37+/m0/s1. The van der Waals surface area contributed by atoms with Crippen LogP contribution in [-0.4, -0.2) is 100 Å². The largest absolute Gasteiger partial charge is 0.467 e. The van der Waals surface area contributed by atoms with Crippen molar-refractivity contribution in [2.75, 3.05) is 20.2 Å². The first-order valence-electron chi connectivity index (χ1n) is 17.7. The Hall–Kier alpha value is -3.55. The van der Waals surface area contributed by atoms with Crippen molar-refractivity contribution < 1.29 is 38.6 Å². The predicted octanol–water partition coefficient (Wildman–Crippen LogP) is 3.22. The quantitative estimate of drug-likeness (QED) is 0.223. The molecule has 0 saturated carbocycles. The Morgan fingerprint density at radius 1 is 1.02 bits per heavy atom. The van der Waals surface area contributed by atoms with Gasteiger partial charge in [0.2, 0.25) is 11.8 Å². The average molecular weight is 704 g/mol. The van der Waals surface area contributed by atoms with Crippen LogP contribution in [0.3, 0.4) is 0 Å². The number of benzene rings is 1. The summed E-state index contributed by atoms with van der Waals surface area (Å²) in [7, 11) is 1.21. The lowest BCUT2D eigenvalue weighted by atomic mass is 9.68. The van der Waals surface area contributed by atoms with Crippen molar-refractivity contribution in [1.82, 2.24) is 20.4 Å². The van der Waals surface area contributed by atoms with E-state index in [-0.39, 0.29) is 12.8 Å². The minimum atomic E-state index is -1.76. The van der Waals surface area contributed by atoms with Gasteiger partial charge in [0.25, 0.3) is 5.91 Å². The first-order valence-corrected chi connectivity index (χ1v) is 17.7. The van der Waals surface area contributed by atoms with E-state index in [1.807, 2.05) is 42.2 Å². The lowest BCUT2D eigenvalue weighted by Crippen LogP contribution is -2.69. The summed E-state index contributed by atoms with van der Waals surface area (Å²) in [5.41, 5.74) is 5.67. The second-order valence-corrected chi connectivity index (χ2v) is 15.1. The van der Waals surface area contributed by atoms with Crippen molar-refractivity contribution >= 4 is 29.8 Å². The van der Waals surface area contributed by atoms with Gasteiger partial charge >= 0.3 is 12.1 Å². The number of likely N-dealkylation sites (tertiary alicyclic amines) is 1. The molecule has 13 nitrogen and oxygen atoms in total. The summed E-state index contributed by atoms with van der Waals surface area (Å²) in [5, 5.41) is 17.8. The highest BCUT2D eigenvalue weighted by molar-refractivity contribution is 6.03. The van der Waals surface area contributed by atoms with E-state index in [1.54, 1.807) is 62.3 Å². The van der Waals surface area contributed by atoms with Crippen LogP contribution >= 0.6 is 0 Å².